The Morgan fingerprint density at radius 2 is 2.04 bits per heavy atom. The Kier molecular flexibility index (Phi) is 3.67. The fourth-order valence-corrected chi connectivity index (χ4v) is 5.07. The van der Waals surface area contributed by atoms with Gasteiger partial charge in [-0.25, -0.2) is 19.7 Å². The van der Waals surface area contributed by atoms with Crippen LogP contribution in [0.3, 0.4) is 0 Å². The third-order valence-electron chi connectivity index (χ3n) is 6.01. The van der Waals surface area contributed by atoms with Crippen molar-refractivity contribution in [3.8, 4) is 10.8 Å². The number of ether oxygens (including phenoxy) is 1. The number of nitrogens with zero attached hydrogens (tertiary/aromatic N) is 3. The van der Waals surface area contributed by atoms with Gasteiger partial charge in [-0.3, -0.25) is 0 Å². The Bertz CT molecular complexity index is 759. The van der Waals surface area contributed by atoms with Crippen LogP contribution in [0.5, 0.6) is 0 Å². The van der Waals surface area contributed by atoms with E-state index >= 15 is 0 Å². The molecule has 0 aromatic carbocycles. The van der Waals surface area contributed by atoms with Crippen LogP contribution in [0.15, 0.2) is 23.8 Å². The summed E-state index contributed by atoms with van der Waals surface area (Å²) in [7, 11) is 0. The van der Waals surface area contributed by atoms with Gasteiger partial charge in [0.15, 0.2) is 16.5 Å². The van der Waals surface area contributed by atoms with E-state index in [0.717, 1.165) is 6.42 Å². The van der Waals surface area contributed by atoms with Gasteiger partial charge < -0.3 is 4.74 Å². The van der Waals surface area contributed by atoms with Crippen LogP contribution in [0.1, 0.15) is 44.1 Å². The predicted molar refractivity (Wildman–Crippen MR) is 91.5 cm³/mol. The van der Waals surface area contributed by atoms with E-state index in [-0.39, 0.29) is 12.1 Å². The van der Waals surface area contributed by atoms with Crippen molar-refractivity contribution in [2.75, 3.05) is 0 Å². The van der Waals surface area contributed by atoms with Crippen molar-refractivity contribution in [3.63, 3.8) is 0 Å². The summed E-state index contributed by atoms with van der Waals surface area (Å²) in [6, 6.07) is 1.75. The Hall–Kier alpha value is -1.82. The van der Waals surface area contributed by atoms with Crippen molar-refractivity contribution in [1.29, 1.82) is 0 Å². The lowest BCUT2D eigenvalue weighted by Gasteiger charge is -2.61. The van der Waals surface area contributed by atoms with Crippen LogP contribution in [0.25, 0.3) is 10.8 Å². The van der Waals surface area contributed by atoms with E-state index in [1.807, 2.05) is 0 Å². The molecule has 24 heavy (non-hydrogen) atoms. The first kappa shape index (κ1) is 15.7. The molecule has 6 heteroatoms. The number of aromatic nitrogens is 3. The molecule has 3 aliphatic carbocycles. The SMILES string of the molecule is C[C@@H]1[C@@H](OC(=O)c2csc(-c3ncccn3)n2)C[C@H]2C[C@H]1C2(C)C. The molecule has 0 saturated heterocycles. The summed E-state index contributed by atoms with van der Waals surface area (Å²) < 4.78 is 5.80. The molecule has 3 saturated carbocycles. The highest BCUT2D eigenvalue weighted by Crippen LogP contribution is 2.61. The monoisotopic (exact) mass is 343 g/mol. The Labute approximate surface area is 145 Å². The maximum absolute atomic E-state index is 12.5. The number of fused-ring (bicyclic) bond motifs is 2. The van der Waals surface area contributed by atoms with Gasteiger partial charge in [0.1, 0.15) is 6.10 Å². The molecule has 2 aromatic rings. The highest BCUT2D eigenvalue weighted by Gasteiger charge is 2.57. The van der Waals surface area contributed by atoms with E-state index < -0.39 is 0 Å². The summed E-state index contributed by atoms with van der Waals surface area (Å²) in [5.74, 6) is 1.93. The normalized spacial score (nSPS) is 30.5. The van der Waals surface area contributed by atoms with Crippen molar-refractivity contribution < 1.29 is 9.53 Å². The van der Waals surface area contributed by atoms with Gasteiger partial charge in [0, 0.05) is 17.8 Å². The van der Waals surface area contributed by atoms with Crippen LogP contribution in [-0.2, 0) is 4.74 Å². The second kappa shape index (κ2) is 5.62. The molecule has 0 N–H and O–H groups in total. The molecule has 5 rings (SSSR count). The lowest BCUT2D eigenvalue weighted by atomic mass is 9.45. The first-order valence-corrected chi connectivity index (χ1v) is 9.28. The molecular weight excluding hydrogens is 322 g/mol. The lowest BCUT2D eigenvalue weighted by Crippen LogP contribution is -2.57. The van der Waals surface area contributed by atoms with E-state index in [0.29, 0.717) is 39.7 Å². The fraction of sp³-hybridized carbons (Fsp3) is 0.556. The summed E-state index contributed by atoms with van der Waals surface area (Å²) in [6.45, 7) is 6.89. The van der Waals surface area contributed by atoms with Crippen LogP contribution in [0.4, 0.5) is 0 Å². The van der Waals surface area contributed by atoms with Crippen molar-refractivity contribution in [2.24, 2.45) is 23.2 Å². The number of thiazole rings is 1. The molecule has 5 nitrogen and oxygen atoms in total. The standard InChI is InChI=1S/C18H21N3O2S/c1-10-12-7-11(18(12,2)3)8-14(10)23-17(22)13-9-24-16(21-13)15-19-5-4-6-20-15/h4-6,9-12,14H,7-8H2,1-3H3/t10-,11+,12+,14-/m0/s1. The van der Waals surface area contributed by atoms with Gasteiger partial charge in [-0.2, -0.15) is 0 Å². The van der Waals surface area contributed by atoms with Crippen molar-refractivity contribution >= 4 is 17.3 Å². The number of hydrogen-bond donors (Lipinski definition) is 0. The van der Waals surface area contributed by atoms with Crippen molar-refractivity contribution in [3.05, 3.63) is 29.5 Å². The van der Waals surface area contributed by atoms with Crippen LogP contribution in [0, 0.1) is 23.2 Å². The molecule has 0 amide bonds. The lowest BCUT2D eigenvalue weighted by molar-refractivity contribution is -0.156. The largest absolute Gasteiger partial charge is 0.457 e. The Balaban J connectivity index is 1.45. The number of hydrogen-bond acceptors (Lipinski definition) is 6. The van der Waals surface area contributed by atoms with E-state index in [9.17, 15) is 4.79 Å². The minimum atomic E-state index is -0.329. The number of esters is 1. The molecule has 0 unspecified atom stereocenters. The molecule has 0 spiro atoms. The molecule has 0 aliphatic heterocycles. The van der Waals surface area contributed by atoms with Gasteiger partial charge in [0.2, 0.25) is 0 Å². The molecular formula is C18H21N3O2S. The van der Waals surface area contributed by atoms with E-state index in [2.05, 4.69) is 35.7 Å². The molecule has 2 heterocycles. The van der Waals surface area contributed by atoms with Gasteiger partial charge in [0.25, 0.3) is 0 Å². The van der Waals surface area contributed by atoms with E-state index in [1.165, 1.54) is 17.8 Å². The first-order valence-electron chi connectivity index (χ1n) is 8.40. The molecule has 2 bridgehead atoms. The zero-order valence-electron chi connectivity index (χ0n) is 14.1. The summed E-state index contributed by atoms with van der Waals surface area (Å²) in [5.41, 5.74) is 0.744. The third-order valence-corrected chi connectivity index (χ3v) is 6.85. The van der Waals surface area contributed by atoms with Crippen LogP contribution < -0.4 is 0 Å². The van der Waals surface area contributed by atoms with Crippen molar-refractivity contribution in [1.82, 2.24) is 15.0 Å². The highest BCUT2D eigenvalue weighted by atomic mass is 32.1. The van der Waals surface area contributed by atoms with Gasteiger partial charge in [-0.05, 0) is 42.1 Å². The molecule has 3 aliphatic rings. The average molecular weight is 343 g/mol. The average Bonchev–Trinajstić information content (AvgIpc) is 3.07. The van der Waals surface area contributed by atoms with Gasteiger partial charge in [0.05, 0.1) is 0 Å². The smallest absolute Gasteiger partial charge is 0.358 e. The molecule has 0 radical (unpaired) electrons. The summed E-state index contributed by atoms with van der Waals surface area (Å²) in [4.78, 5) is 25.1. The third kappa shape index (κ3) is 2.44. The highest BCUT2D eigenvalue weighted by molar-refractivity contribution is 7.13. The number of rotatable bonds is 3. The quantitative estimate of drug-likeness (QED) is 0.793. The van der Waals surface area contributed by atoms with Gasteiger partial charge in [-0.1, -0.05) is 20.8 Å². The van der Waals surface area contributed by atoms with Gasteiger partial charge >= 0.3 is 5.97 Å². The van der Waals surface area contributed by atoms with Crippen LogP contribution in [-0.4, -0.2) is 27.0 Å². The summed E-state index contributed by atoms with van der Waals surface area (Å²) >= 11 is 1.37. The minimum absolute atomic E-state index is 0.00685. The fourth-order valence-electron chi connectivity index (χ4n) is 4.34. The van der Waals surface area contributed by atoms with Crippen molar-refractivity contribution in [2.45, 2.75) is 39.7 Å². The molecule has 126 valence electrons. The van der Waals surface area contributed by atoms with Gasteiger partial charge in [-0.15, -0.1) is 11.3 Å². The molecule has 3 fully saturated rings. The number of carbonyl (C=O) groups is 1. The maximum Gasteiger partial charge on any atom is 0.358 e. The number of carbonyl (C=O) groups excluding carboxylic acids is 1. The zero-order valence-corrected chi connectivity index (χ0v) is 14.9. The summed E-state index contributed by atoms with van der Waals surface area (Å²) in [6.07, 6.45) is 5.58. The summed E-state index contributed by atoms with van der Waals surface area (Å²) in [5, 5.41) is 2.37. The van der Waals surface area contributed by atoms with E-state index in [1.54, 1.807) is 23.8 Å². The van der Waals surface area contributed by atoms with E-state index in [4.69, 9.17) is 4.74 Å². The molecule has 4 atom stereocenters. The second-order valence-corrected chi connectivity index (χ2v) is 8.37. The second-order valence-electron chi connectivity index (χ2n) is 7.51. The predicted octanol–water partition coefficient (Wildman–Crippen LogP) is 3.83. The zero-order chi connectivity index (χ0) is 16.9. The van der Waals surface area contributed by atoms with Crippen LogP contribution in [0.2, 0.25) is 0 Å². The van der Waals surface area contributed by atoms with Crippen LogP contribution >= 0.6 is 11.3 Å². The first-order chi connectivity index (χ1) is 11.5. The Morgan fingerprint density at radius 1 is 1.29 bits per heavy atom. The minimum Gasteiger partial charge on any atom is -0.457 e. The topological polar surface area (TPSA) is 65.0 Å². The Morgan fingerprint density at radius 3 is 2.71 bits per heavy atom. The maximum atomic E-state index is 12.5. The molecule has 2 aromatic heterocycles.